The Balaban J connectivity index is 2.14. The van der Waals surface area contributed by atoms with Crippen LogP contribution in [0.3, 0.4) is 0 Å². The van der Waals surface area contributed by atoms with E-state index in [4.69, 9.17) is 9.47 Å². The van der Waals surface area contributed by atoms with Gasteiger partial charge in [-0.25, -0.2) is 13.8 Å². The Labute approximate surface area is 172 Å². The van der Waals surface area contributed by atoms with E-state index in [1.165, 1.54) is 32.6 Å². The Hall–Kier alpha value is -2.59. The minimum Gasteiger partial charge on any atom is -0.493 e. The molecule has 2 rings (SSSR count). The van der Waals surface area contributed by atoms with Crippen molar-refractivity contribution in [1.29, 1.82) is 0 Å². The summed E-state index contributed by atoms with van der Waals surface area (Å²) in [6, 6.07) is 11.9. The van der Waals surface area contributed by atoms with Gasteiger partial charge in [0.25, 0.3) is 5.91 Å². The van der Waals surface area contributed by atoms with Gasteiger partial charge in [-0.3, -0.25) is 9.10 Å². The van der Waals surface area contributed by atoms with E-state index < -0.39 is 22.5 Å². The predicted octanol–water partition coefficient (Wildman–Crippen LogP) is 2.38. The maximum absolute atomic E-state index is 12.2. The lowest BCUT2D eigenvalue weighted by atomic mass is 10.2. The summed E-state index contributed by atoms with van der Waals surface area (Å²) in [6.45, 7) is -0.438. The molecule has 0 bridgehead atoms. The van der Waals surface area contributed by atoms with Gasteiger partial charge in [0.2, 0.25) is 10.0 Å². The number of hydrogen-bond donors (Lipinski definition) is 1. The first-order valence-corrected chi connectivity index (χ1v) is 10.7. The highest BCUT2D eigenvalue weighted by atomic mass is 79.9. The largest absolute Gasteiger partial charge is 0.493 e. The Morgan fingerprint density at radius 3 is 2.36 bits per heavy atom. The van der Waals surface area contributed by atoms with Gasteiger partial charge in [-0.05, 0) is 29.8 Å². The van der Waals surface area contributed by atoms with Gasteiger partial charge >= 0.3 is 0 Å². The molecule has 0 fully saturated rings. The van der Waals surface area contributed by atoms with Gasteiger partial charge in [0.05, 0.1) is 32.4 Å². The summed E-state index contributed by atoms with van der Waals surface area (Å²) in [5.74, 6) is 0.208. The van der Waals surface area contributed by atoms with E-state index in [0.717, 1.165) is 20.6 Å². The average molecular weight is 470 g/mol. The van der Waals surface area contributed by atoms with Crippen molar-refractivity contribution >= 4 is 43.8 Å². The third-order valence-corrected chi connectivity index (χ3v) is 5.28. The fourth-order valence-electron chi connectivity index (χ4n) is 2.27. The third kappa shape index (κ3) is 5.96. The minimum atomic E-state index is -3.72. The number of hydrazone groups is 1. The first kappa shape index (κ1) is 21.7. The number of carbonyl (C=O) groups is 1. The van der Waals surface area contributed by atoms with Crippen molar-refractivity contribution in [2.24, 2.45) is 5.10 Å². The molecule has 0 atom stereocenters. The number of rotatable bonds is 8. The lowest BCUT2D eigenvalue weighted by molar-refractivity contribution is -0.119. The summed E-state index contributed by atoms with van der Waals surface area (Å²) < 4.78 is 36.6. The van der Waals surface area contributed by atoms with Crippen LogP contribution in [0.5, 0.6) is 11.5 Å². The number of halogens is 1. The number of nitrogens with zero attached hydrogens (tertiary/aromatic N) is 2. The van der Waals surface area contributed by atoms with E-state index >= 15 is 0 Å². The van der Waals surface area contributed by atoms with Crippen LogP contribution in [0.2, 0.25) is 0 Å². The van der Waals surface area contributed by atoms with E-state index in [2.05, 4.69) is 26.5 Å². The monoisotopic (exact) mass is 469 g/mol. The fraction of sp³-hybridized carbons (Fsp3) is 0.222. The molecule has 0 aliphatic carbocycles. The summed E-state index contributed by atoms with van der Waals surface area (Å²) in [4.78, 5) is 12.2. The number of ether oxygens (including phenoxy) is 2. The molecule has 2 aromatic rings. The number of amides is 1. The molecule has 8 nitrogen and oxygen atoms in total. The van der Waals surface area contributed by atoms with Crippen LogP contribution in [-0.2, 0) is 14.8 Å². The SMILES string of the molecule is COc1ccc(N(CC(=O)N/N=C\c2ccc(Br)cc2)S(C)(=O)=O)cc1OC. The maximum atomic E-state index is 12.2. The number of methoxy groups -OCH3 is 2. The topological polar surface area (TPSA) is 97.3 Å². The van der Waals surface area contributed by atoms with E-state index in [-0.39, 0.29) is 5.69 Å². The molecule has 0 saturated heterocycles. The molecule has 0 radical (unpaired) electrons. The molecule has 0 heterocycles. The molecule has 28 heavy (non-hydrogen) atoms. The number of sulfonamides is 1. The highest BCUT2D eigenvalue weighted by Crippen LogP contribution is 2.32. The molecule has 1 amide bonds. The summed E-state index contributed by atoms with van der Waals surface area (Å²) in [5, 5.41) is 3.86. The molecular formula is C18H20BrN3O5S. The molecule has 10 heteroatoms. The van der Waals surface area contributed by atoms with Crippen LogP contribution in [0.25, 0.3) is 0 Å². The molecule has 0 aliphatic rings. The van der Waals surface area contributed by atoms with Crippen molar-refractivity contribution in [2.75, 3.05) is 31.3 Å². The first-order chi connectivity index (χ1) is 13.2. The lowest BCUT2D eigenvalue weighted by Gasteiger charge is -2.22. The Morgan fingerprint density at radius 1 is 1.14 bits per heavy atom. The molecule has 2 aromatic carbocycles. The van der Waals surface area contributed by atoms with E-state index in [0.29, 0.717) is 11.5 Å². The van der Waals surface area contributed by atoms with Gasteiger partial charge in [0, 0.05) is 10.5 Å². The van der Waals surface area contributed by atoms with Crippen molar-refractivity contribution < 1.29 is 22.7 Å². The maximum Gasteiger partial charge on any atom is 0.260 e. The molecule has 0 saturated carbocycles. The predicted molar refractivity (Wildman–Crippen MR) is 112 cm³/mol. The second-order valence-electron chi connectivity index (χ2n) is 5.65. The molecule has 0 aromatic heterocycles. The normalized spacial score (nSPS) is 11.3. The zero-order chi connectivity index (χ0) is 20.7. The molecule has 150 valence electrons. The Kier molecular flexibility index (Phi) is 7.41. The Bertz CT molecular complexity index is 962. The number of hydrogen-bond acceptors (Lipinski definition) is 6. The van der Waals surface area contributed by atoms with Crippen LogP contribution in [0.4, 0.5) is 5.69 Å². The Morgan fingerprint density at radius 2 is 1.79 bits per heavy atom. The molecule has 0 spiro atoms. The van der Waals surface area contributed by atoms with E-state index in [1.807, 2.05) is 24.3 Å². The van der Waals surface area contributed by atoms with Crippen LogP contribution in [0.15, 0.2) is 52.0 Å². The second kappa shape index (κ2) is 9.56. The lowest BCUT2D eigenvalue weighted by Crippen LogP contribution is -2.39. The van der Waals surface area contributed by atoms with Gasteiger partial charge in [0.15, 0.2) is 11.5 Å². The zero-order valence-corrected chi connectivity index (χ0v) is 18.0. The fourth-order valence-corrected chi connectivity index (χ4v) is 3.39. The first-order valence-electron chi connectivity index (χ1n) is 8.02. The summed E-state index contributed by atoms with van der Waals surface area (Å²) in [6.07, 6.45) is 2.48. The van der Waals surface area contributed by atoms with Gasteiger partial charge in [-0.15, -0.1) is 0 Å². The minimum absolute atomic E-state index is 0.271. The average Bonchev–Trinajstić information content (AvgIpc) is 2.66. The quantitative estimate of drug-likeness (QED) is 0.472. The highest BCUT2D eigenvalue weighted by molar-refractivity contribution is 9.10. The number of nitrogens with one attached hydrogen (secondary N) is 1. The van der Waals surface area contributed by atoms with Gasteiger partial charge in [-0.2, -0.15) is 5.10 Å². The van der Waals surface area contributed by atoms with E-state index in [9.17, 15) is 13.2 Å². The van der Waals surface area contributed by atoms with Crippen molar-refractivity contribution in [1.82, 2.24) is 5.43 Å². The van der Waals surface area contributed by atoms with Crippen LogP contribution in [0.1, 0.15) is 5.56 Å². The smallest absolute Gasteiger partial charge is 0.260 e. The van der Waals surface area contributed by atoms with E-state index in [1.54, 1.807) is 6.07 Å². The third-order valence-electron chi connectivity index (χ3n) is 3.62. The number of anilines is 1. The molecule has 0 unspecified atom stereocenters. The summed E-state index contributed by atoms with van der Waals surface area (Å²) >= 11 is 3.33. The van der Waals surface area contributed by atoms with Crippen LogP contribution < -0.4 is 19.2 Å². The van der Waals surface area contributed by atoms with Crippen molar-refractivity contribution in [3.8, 4) is 11.5 Å². The van der Waals surface area contributed by atoms with Crippen molar-refractivity contribution in [3.63, 3.8) is 0 Å². The van der Waals surface area contributed by atoms with Gasteiger partial charge < -0.3 is 9.47 Å². The molecule has 1 N–H and O–H groups in total. The molecule has 0 aliphatic heterocycles. The summed E-state index contributed by atoms with van der Waals surface area (Å²) in [5.41, 5.74) is 3.38. The van der Waals surface area contributed by atoms with Crippen LogP contribution in [-0.4, -0.2) is 47.6 Å². The standard InChI is InChI=1S/C18H20BrN3O5S/c1-26-16-9-8-15(10-17(16)27-2)22(28(3,24)25)12-18(23)21-20-11-13-4-6-14(19)7-5-13/h4-11H,12H2,1-3H3,(H,21,23)/b20-11-. The zero-order valence-electron chi connectivity index (χ0n) is 15.5. The van der Waals surface area contributed by atoms with Crippen molar-refractivity contribution in [3.05, 3.63) is 52.5 Å². The van der Waals surface area contributed by atoms with Crippen molar-refractivity contribution in [2.45, 2.75) is 0 Å². The number of benzene rings is 2. The van der Waals surface area contributed by atoms with Crippen LogP contribution in [0, 0.1) is 0 Å². The van der Waals surface area contributed by atoms with Gasteiger partial charge in [-0.1, -0.05) is 28.1 Å². The van der Waals surface area contributed by atoms with Crippen LogP contribution >= 0.6 is 15.9 Å². The molecular weight excluding hydrogens is 450 g/mol. The second-order valence-corrected chi connectivity index (χ2v) is 8.48. The number of carbonyl (C=O) groups excluding carboxylic acids is 1. The summed E-state index contributed by atoms with van der Waals surface area (Å²) in [7, 11) is -0.805. The van der Waals surface area contributed by atoms with Gasteiger partial charge in [0.1, 0.15) is 6.54 Å². The highest BCUT2D eigenvalue weighted by Gasteiger charge is 2.22.